The molecule has 80 valence electrons. The van der Waals surface area contributed by atoms with Crippen molar-refractivity contribution in [2.45, 2.75) is 6.10 Å². The van der Waals surface area contributed by atoms with E-state index in [4.69, 9.17) is 10.2 Å². The van der Waals surface area contributed by atoms with E-state index in [9.17, 15) is 14.7 Å². The normalized spacial score (nSPS) is 12.4. The summed E-state index contributed by atoms with van der Waals surface area (Å²) in [5.74, 6) is -4.95. The van der Waals surface area contributed by atoms with Crippen LogP contribution in [-0.2, 0) is 9.59 Å². The second-order valence-electron chi connectivity index (χ2n) is 3.01. The van der Waals surface area contributed by atoms with Crippen LogP contribution in [0.2, 0.25) is 0 Å². The lowest BCUT2D eigenvalue weighted by atomic mass is 9.96. The van der Waals surface area contributed by atoms with Gasteiger partial charge >= 0.3 is 11.9 Å². The van der Waals surface area contributed by atoms with E-state index in [1.165, 1.54) is 12.1 Å². The van der Waals surface area contributed by atoms with E-state index in [-0.39, 0.29) is 5.56 Å². The van der Waals surface area contributed by atoms with E-state index >= 15 is 0 Å². The van der Waals surface area contributed by atoms with E-state index in [1.807, 2.05) is 0 Å². The van der Waals surface area contributed by atoms with Gasteiger partial charge in [0.2, 0.25) is 0 Å². The van der Waals surface area contributed by atoms with Gasteiger partial charge in [0.1, 0.15) is 6.10 Å². The number of aliphatic hydroxyl groups is 1. The molecule has 0 saturated heterocycles. The molecule has 0 spiro atoms. The molecule has 1 aromatic carbocycles. The molecule has 15 heavy (non-hydrogen) atoms. The van der Waals surface area contributed by atoms with Crippen molar-refractivity contribution >= 4 is 11.9 Å². The molecule has 5 heteroatoms. The Morgan fingerprint density at radius 2 is 1.47 bits per heavy atom. The molecule has 0 bridgehead atoms. The van der Waals surface area contributed by atoms with E-state index in [0.717, 1.165) is 0 Å². The minimum Gasteiger partial charge on any atom is -0.481 e. The standard InChI is InChI=1S/C10H10O5/c11-8(6-4-2-1-3-5-6)7(9(12)13)10(14)15/h1-5,7-8,11H,(H,12,13)(H,14,15). The highest BCUT2D eigenvalue weighted by Crippen LogP contribution is 2.22. The second-order valence-corrected chi connectivity index (χ2v) is 3.01. The third-order valence-corrected chi connectivity index (χ3v) is 1.99. The molecular weight excluding hydrogens is 200 g/mol. The van der Waals surface area contributed by atoms with Gasteiger partial charge in [-0.3, -0.25) is 9.59 Å². The molecule has 1 aromatic rings. The first-order valence-electron chi connectivity index (χ1n) is 4.22. The van der Waals surface area contributed by atoms with Crippen molar-refractivity contribution in [1.29, 1.82) is 0 Å². The predicted octanol–water partition coefficient (Wildman–Crippen LogP) is 0.505. The van der Waals surface area contributed by atoms with E-state index in [2.05, 4.69) is 0 Å². The van der Waals surface area contributed by atoms with Gasteiger partial charge in [-0.2, -0.15) is 0 Å². The summed E-state index contributed by atoms with van der Waals surface area (Å²) in [6, 6.07) is 7.83. The first kappa shape index (κ1) is 11.2. The fraction of sp³-hybridized carbons (Fsp3) is 0.200. The van der Waals surface area contributed by atoms with E-state index in [1.54, 1.807) is 18.2 Å². The highest BCUT2D eigenvalue weighted by Gasteiger charge is 2.34. The predicted molar refractivity (Wildman–Crippen MR) is 50.2 cm³/mol. The summed E-state index contributed by atoms with van der Waals surface area (Å²) in [4.78, 5) is 21.2. The molecule has 0 amide bonds. The molecule has 1 atom stereocenters. The maximum Gasteiger partial charge on any atom is 0.320 e. The number of carboxylic acids is 2. The van der Waals surface area contributed by atoms with Crippen LogP contribution < -0.4 is 0 Å². The lowest BCUT2D eigenvalue weighted by Crippen LogP contribution is -2.29. The van der Waals surface area contributed by atoms with Crippen molar-refractivity contribution in [2.75, 3.05) is 0 Å². The molecule has 3 N–H and O–H groups in total. The Morgan fingerprint density at radius 3 is 1.87 bits per heavy atom. The molecular formula is C10H10O5. The topological polar surface area (TPSA) is 94.8 Å². The Balaban J connectivity index is 2.96. The van der Waals surface area contributed by atoms with Gasteiger partial charge in [0.05, 0.1) is 0 Å². The van der Waals surface area contributed by atoms with Gasteiger partial charge in [-0.15, -0.1) is 0 Å². The average Bonchev–Trinajstić information content (AvgIpc) is 2.18. The van der Waals surface area contributed by atoms with Crippen molar-refractivity contribution < 1.29 is 24.9 Å². The van der Waals surface area contributed by atoms with Gasteiger partial charge in [0.15, 0.2) is 5.92 Å². The van der Waals surface area contributed by atoms with Crippen LogP contribution >= 0.6 is 0 Å². The number of carboxylic acid groups (broad SMARTS) is 2. The number of hydrogen-bond donors (Lipinski definition) is 3. The molecule has 0 heterocycles. The fourth-order valence-corrected chi connectivity index (χ4v) is 1.22. The van der Waals surface area contributed by atoms with Gasteiger partial charge < -0.3 is 15.3 Å². The van der Waals surface area contributed by atoms with Crippen LogP contribution in [0.3, 0.4) is 0 Å². The lowest BCUT2D eigenvalue weighted by molar-refractivity contribution is -0.160. The quantitative estimate of drug-likeness (QED) is 0.629. The minimum absolute atomic E-state index is 0.271. The summed E-state index contributed by atoms with van der Waals surface area (Å²) in [5, 5.41) is 26.8. The number of rotatable bonds is 4. The Bertz CT molecular complexity index is 345. The Kier molecular flexibility index (Phi) is 3.41. The molecule has 0 aromatic heterocycles. The molecule has 0 radical (unpaired) electrons. The summed E-state index contributed by atoms with van der Waals surface area (Å²) in [6.07, 6.45) is -1.54. The third-order valence-electron chi connectivity index (χ3n) is 1.99. The van der Waals surface area contributed by atoms with Crippen LogP contribution in [0.5, 0.6) is 0 Å². The van der Waals surface area contributed by atoms with Crippen molar-refractivity contribution in [3.8, 4) is 0 Å². The van der Waals surface area contributed by atoms with Crippen LogP contribution in [0.1, 0.15) is 11.7 Å². The summed E-state index contributed by atoms with van der Waals surface area (Å²) in [6.45, 7) is 0. The Hall–Kier alpha value is -1.88. The maximum atomic E-state index is 10.6. The zero-order chi connectivity index (χ0) is 11.4. The van der Waals surface area contributed by atoms with Crippen molar-refractivity contribution in [2.24, 2.45) is 5.92 Å². The SMILES string of the molecule is O=C(O)C(C(=O)O)C(O)c1ccccc1. The van der Waals surface area contributed by atoms with Gasteiger partial charge in [-0.1, -0.05) is 30.3 Å². The van der Waals surface area contributed by atoms with Gasteiger partial charge in [0.25, 0.3) is 0 Å². The van der Waals surface area contributed by atoms with Gasteiger partial charge in [-0.05, 0) is 5.56 Å². The molecule has 1 rings (SSSR count). The molecule has 1 unspecified atom stereocenters. The zero-order valence-corrected chi connectivity index (χ0v) is 7.70. The fourth-order valence-electron chi connectivity index (χ4n) is 1.22. The monoisotopic (exact) mass is 210 g/mol. The van der Waals surface area contributed by atoms with Gasteiger partial charge in [-0.25, -0.2) is 0 Å². The molecule has 0 saturated carbocycles. The second kappa shape index (κ2) is 4.56. The van der Waals surface area contributed by atoms with Crippen molar-refractivity contribution in [3.05, 3.63) is 35.9 Å². The first-order valence-corrected chi connectivity index (χ1v) is 4.22. The molecule has 0 aliphatic heterocycles. The Morgan fingerprint density at radius 1 is 1.00 bits per heavy atom. The van der Waals surface area contributed by atoms with E-state index < -0.39 is 24.0 Å². The highest BCUT2D eigenvalue weighted by molar-refractivity contribution is 5.93. The smallest absolute Gasteiger partial charge is 0.320 e. The molecule has 0 aliphatic rings. The van der Waals surface area contributed by atoms with Crippen LogP contribution in [-0.4, -0.2) is 27.3 Å². The van der Waals surface area contributed by atoms with Crippen molar-refractivity contribution in [3.63, 3.8) is 0 Å². The van der Waals surface area contributed by atoms with Crippen LogP contribution in [0.15, 0.2) is 30.3 Å². The van der Waals surface area contributed by atoms with Crippen LogP contribution in [0.4, 0.5) is 0 Å². The van der Waals surface area contributed by atoms with Crippen LogP contribution in [0.25, 0.3) is 0 Å². The number of hydrogen-bond acceptors (Lipinski definition) is 3. The lowest BCUT2D eigenvalue weighted by Gasteiger charge is -2.15. The minimum atomic E-state index is -1.84. The van der Waals surface area contributed by atoms with Gasteiger partial charge in [0, 0.05) is 0 Å². The molecule has 5 nitrogen and oxygen atoms in total. The number of aliphatic carboxylic acids is 2. The summed E-state index contributed by atoms with van der Waals surface area (Å²) in [5.41, 5.74) is 0.271. The summed E-state index contributed by atoms with van der Waals surface area (Å²) < 4.78 is 0. The maximum absolute atomic E-state index is 10.6. The average molecular weight is 210 g/mol. The highest BCUT2D eigenvalue weighted by atomic mass is 16.4. The van der Waals surface area contributed by atoms with Crippen molar-refractivity contribution in [1.82, 2.24) is 0 Å². The zero-order valence-electron chi connectivity index (χ0n) is 7.70. The summed E-state index contributed by atoms with van der Waals surface area (Å²) in [7, 11) is 0. The number of carbonyl (C=O) groups is 2. The molecule has 0 fully saturated rings. The first-order chi connectivity index (χ1) is 7.04. The largest absolute Gasteiger partial charge is 0.481 e. The number of benzene rings is 1. The molecule has 0 aliphatic carbocycles. The summed E-state index contributed by atoms with van der Waals surface area (Å²) >= 11 is 0. The van der Waals surface area contributed by atoms with Crippen LogP contribution in [0, 0.1) is 5.92 Å². The van der Waals surface area contributed by atoms with E-state index in [0.29, 0.717) is 0 Å². The Labute approximate surface area is 85.6 Å². The third kappa shape index (κ3) is 2.54. The number of aliphatic hydroxyl groups excluding tert-OH is 1.